The molecule has 0 spiro atoms. The highest BCUT2D eigenvalue weighted by atomic mass is 16.5. The topological polar surface area (TPSA) is 58.9 Å². The summed E-state index contributed by atoms with van der Waals surface area (Å²) in [5.41, 5.74) is 2.32. The Kier molecular flexibility index (Phi) is 7.99. The van der Waals surface area contributed by atoms with Crippen LogP contribution in [0.3, 0.4) is 0 Å². The Morgan fingerprint density at radius 3 is 2.28 bits per heavy atom. The summed E-state index contributed by atoms with van der Waals surface area (Å²) < 4.78 is 12.8. The first kappa shape index (κ1) is 31.6. The van der Waals surface area contributed by atoms with Crippen LogP contribution in [0.2, 0.25) is 0 Å². The highest BCUT2D eigenvalue weighted by molar-refractivity contribution is 5.34. The number of allylic oxidation sites excluding steroid dienone is 2. The lowest BCUT2D eigenvalue weighted by Crippen LogP contribution is -2.66. The van der Waals surface area contributed by atoms with Crippen LogP contribution in [0.25, 0.3) is 0 Å². The van der Waals surface area contributed by atoms with Crippen molar-refractivity contribution >= 4 is 0 Å². The van der Waals surface area contributed by atoms with Crippen LogP contribution in [0, 0.1) is 50.2 Å². The molecule has 6 rings (SSSR count). The van der Waals surface area contributed by atoms with Gasteiger partial charge in [-0.1, -0.05) is 78.3 Å². The van der Waals surface area contributed by atoms with Gasteiger partial charge in [-0.05, 0) is 109 Å². The maximum Gasteiger partial charge on any atom is 0.119 e. The van der Waals surface area contributed by atoms with E-state index in [1.807, 2.05) is 30.3 Å². The molecule has 0 aromatic heterocycles. The minimum Gasteiger partial charge on any atom is -0.494 e. The molecule has 0 unspecified atom stereocenters. The normalized spacial score (nSPS) is 46.9. The van der Waals surface area contributed by atoms with E-state index in [1.165, 1.54) is 25.7 Å². The molecule has 2 N–H and O–H groups in total. The van der Waals surface area contributed by atoms with Gasteiger partial charge >= 0.3 is 0 Å². The summed E-state index contributed by atoms with van der Waals surface area (Å²) in [6, 6.07) is 10.1. The molecule has 4 heteroatoms. The van der Waals surface area contributed by atoms with Crippen LogP contribution >= 0.6 is 0 Å². The van der Waals surface area contributed by atoms with Gasteiger partial charge < -0.3 is 19.7 Å². The Hall–Kier alpha value is -1.36. The molecular weight excluding hydrogens is 532 g/mol. The number of aliphatic hydroxyl groups excluding tert-OH is 2. The van der Waals surface area contributed by atoms with E-state index in [4.69, 9.17) is 9.47 Å². The van der Waals surface area contributed by atoms with E-state index in [0.717, 1.165) is 50.9 Å². The maximum atomic E-state index is 11.1. The third-order valence-electron chi connectivity index (χ3n) is 14.8. The first-order valence-corrected chi connectivity index (χ1v) is 17.5. The first-order valence-electron chi connectivity index (χ1n) is 17.5. The quantitative estimate of drug-likeness (QED) is 0.246. The van der Waals surface area contributed by atoms with Gasteiger partial charge in [-0.3, -0.25) is 0 Å². The maximum absolute atomic E-state index is 11.1. The lowest BCUT2D eigenvalue weighted by Gasteiger charge is -2.71. The van der Waals surface area contributed by atoms with Crippen molar-refractivity contribution < 1.29 is 19.7 Å². The zero-order valence-corrected chi connectivity index (χ0v) is 28.3. The van der Waals surface area contributed by atoms with Crippen LogP contribution < -0.4 is 4.74 Å². The summed E-state index contributed by atoms with van der Waals surface area (Å²) in [4.78, 5) is 0. The van der Waals surface area contributed by atoms with Crippen molar-refractivity contribution in [1.82, 2.24) is 0 Å². The second-order valence-electron chi connectivity index (χ2n) is 17.5. The summed E-state index contributed by atoms with van der Waals surface area (Å²) in [7, 11) is 0. The molecule has 4 nitrogen and oxygen atoms in total. The molecule has 0 aliphatic heterocycles. The van der Waals surface area contributed by atoms with Crippen LogP contribution in [0.1, 0.15) is 113 Å². The van der Waals surface area contributed by atoms with Crippen molar-refractivity contribution in [2.75, 3.05) is 19.8 Å². The summed E-state index contributed by atoms with van der Waals surface area (Å²) in [6.45, 7) is 19.0. The molecular formula is C39H60O4. The van der Waals surface area contributed by atoms with Gasteiger partial charge in [0, 0.05) is 17.3 Å². The lowest BCUT2D eigenvalue weighted by molar-refractivity contribution is -0.220. The van der Waals surface area contributed by atoms with Gasteiger partial charge in [0.25, 0.3) is 0 Å². The molecule has 4 fully saturated rings. The van der Waals surface area contributed by atoms with Crippen molar-refractivity contribution in [2.24, 2.45) is 50.2 Å². The second-order valence-corrected chi connectivity index (χ2v) is 17.5. The molecule has 0 heterocycles. The van der Waals surface area contributed by atoms with Crippen molar-refractivity contribution in [3.8, 4) is 5.75 Å². The molecule has 10 atom stereocenters. The number of benzene rings is 1. The molecule has 1 aromatic rings. The Labute approximate surface area is 262 Å². The second kappa shape index (κ2) is 10.9. The van der Waals surface area contributed by atoms with E-state index in [-0.39, 0.29) is 39.8 Å². The number of fused-ring (bicyclic) bond motifs is 7. The van der Waals surface area contributed by atoms with Gasteiger partial charge in [0.15, 0.2) is 0 Å². The zero-order chi connectivity index (χ0) is 30.9. The van der Waals surface area contributed by atoms with Gasteiger partial charge in [0.1, 0.15) is 5.75 Å². The van der Waals surface area contributed by atoms with E-state index >= 15 is 0 Å². The molecule has 0 amide bonds. The Morgan fingerprint density at radius 2 is 1.56 bits per heavy atom. The van der Waals surface area contributed by atoms with Gasteiger partial charge in [-0.15, -0.1) is 0 Å². The third-order valence-corrected chi connectivity index (χ3v) is 14.8. The zero-order valence-electron chi connectivity index (χ0n) is 28.3. The number of hydrogen-bond donors (Lipinski definition) is 2. The summed E-state index contributed by atoms with van der Waals surface area (Å²) in [6.07, 6.45) is 13.7. The van der Waals surface area contributed by atoms with Crippen molar-refractivity contribution in [1.29, 1.82) is 0 Å². The Bertz CT molecular complexity index is 1190. The molecule has 240 valence electrons. The van der Waals surface area contributed by atoms with E-state index in [1.54, 1.807) is 5.57 Å². The van der Waals surface area contributed by atoms with E-state index < -0.39 is 11.5 Å². The van der Waals surface area contributed by atoms with Gasteiger partial charge in [0.2, 0.25) is 0 Å². The molecule has 1 aromatic carbocycles. The molecule has 4 saturated carbocycles. The first-order chi connectivity index (χ1) is 20.2. The van der Waals surface area contributed by atoms with Crippen LogP contribution in [0.15, 0.2) is 42.0 Å². The SMILES string of the molecule is CC1(C)C[C@@H](OCCCOc2ccccc2)[C@]2(C)CC[C@]3(C)C(=CC[C@@H]4[C@@]5(C)CC[C@H](O)[C@](C)(CO)[C@@H]5CC[C@]43C)[C@@H]2C1. The molecule has 43 heavy (non-hydrogen) atoms. The minimum absolute atomic E-state index is 0.0888. The lowest BCUT2D eigenvalue weighted by atomic mass is 9.33. The van der Waals surface area contributed by atoms with Crippen LogP contribution in [-0.2, 0) is 4.74 Å². The fourth-order valence-electron chi connectivity index (χ4n) is 11.9. The van der Waals surface area contributed by atoms with Gasteiger partial charge in [-0.25, -0.2) is 0 Å². The highest BCUT2D eigenvalue weighted by Gasteiger charge is 2.69. The van der Waals surface area contributed by atoms with Crippen LogP contribution in [0.4, 0.5) is 0 Å². The smallest absolute Gasteiger partial charge is 0.119 e. The number of rotatable bonds is 7. The largest absolute Gasteiger partial charge is 0.494 e. The Balaban J connectivity index is 1.24. The number of hydrogen-bond acceptors (Lipinski definition) is 4. The fraction of sp³-hybridized carbons (Fsp3) is 0.795. The number of para-hydroxylation sites is 1. The predicted molar refractivity (Wildman–Crippen MR) is 174 cm³/mol. The fourth-order valence-corrected chi connectivity index (χ4v) is 11.9. The average molecular weight is 593 g/mol. The molecule has 5 aliphatic rings. The summed E-state index contributed by atoms with van der Waals surface area (Å²) in [5.74, 6) is 2.45. The predicted octanol–water partition coefficient (Wildman–Crippen LogP) is 8.61. The summed E-state index contributed by atoms with van der Waals surface area (Å²) >= 11 is 0. The van der Waals surface area contributed by atoms with E-state index in [2.05, 4.69) is 54.5 Å². The minimum atomic E-state index is -0.396. The van der Waals surface area contributed by atoms with Gasteiger partial charge in [0.05, 0.1) is 32.0 Å². The van der Waals surface area contributed by atoms with Gasteiger partial charge in [-0.2, -0.15) is 0 Å². The van der Waals surface area contributed by atoms with E-state index in [9.17, 15) is 10.2 Å². The highest BCUT2D eigenvalue weighted by Crippen LogP contribution is 2.75. The molecule has 0 bridgehead atoms. The number of ether oxygens (including phenoxy) is 2. The Morgan fingerprint density at radius 1 is 0.814 bits per heavy atom. The molecule has 0 saturated heterocycles. The standard InChI is InChI=1S/C39H60O4/c1-34(2)24-29-28-14-15-31-36(4)18-17-32(41)37(5,26-40)30(36)16-19-39(31,7)38(28,6)21-20-35(29,3)33(25-34)43-23-11-22-42-27-12-9-8-10-13-27/h8-10,12-14,29-33,40-41H,11,15-26H2,1-7H3/t29-,30+,31+,32-,33+,35+,36-,37+,38+,39+/m0/s1. The molecule has 5 aliphatic carbocycles. The summed E-state index contributed by atoms with van der Waals surface area (Å²) in [5, 5.41) is 21.6. The van der Waals surface area contributed by atoms with Crippen LogP contribution in [0.5, 0.6) is 5.75 Å². The third kappa shape index (κ3) is 4.78. The van der Waals surface area contributed by atoms with Crippen molar-refractivity contribution in [3.63, 3.8) is 0 Å². The molecule has 0 radical (unpaired) electrons. The average Bonchev–Trinajstić information content (AvgIpc) is 2.97. The number of aliphatic hydroxyl groups is 2. The van der Waals surface area contributed by atoms with Crippen LogP contribution in [-0.4, -0.2) is 42.2 Å². The van der Waals surface area contributed by atoms with Crippen molar-refractivity contribution in [3.05, 3.63) is 42.0 Å². The monoisotopic (exact) mass is 592 g/mol. The van der Waals surface area contributed by atoms with E-state index in [0.29, 0.717) is 24.4 Å². The van der Waals surface area contributed by atoms with Crippen molar-refractivity contribution in [2.45, 2.75) is 125 Å².